The molecular weight excluding hydrogens is 290 g/mol. The average Bonchev–Trinajstić information content (AvgIpc) is 2.64. The van der Waals surface area contributed by atoms with Gasteiger partial charge in [-0.15, -0.1) is 0 Å². The van der Waals surface area contributed by atoms with Crippen molar-refractivity contribution in [2.75, 3.05) is 6.54 Å². The predicted molar refractivity (Wildman–Crippen MR) is 101 cm³/mol. The lowest BCUT2D eigenvalue weighted by Gasteiger charge is -2.57. The van der Waals surface area contributed by atoms with Crippen LogP contribution >= 0.6 is 0 Å². The van der Waals surface area contributed by atoms with Crippen LogP contribution in [0.2, 0.25) is 0 Å². The molecule has 0 saturated carbocycles. The molecule has 0 spiro atoms. The van der Waals surface area contributed by atoms with Crippen molar-refractivity contribution in [1.29, 1.82) is 0 Å². The minimum Gasteiger partial charge on any atom is -0.295 e. The molecule has 3 atom stereocenters. The first-order valence-corrected chi connectivity index (χ1v) is 9.65. The Morgan fingerprint density at radius 2 is 1.75 bits per heavy atom. The summed E-state index contributed by atoms with van der Waals surface area (Å²) in [4.78, 5) is 2.77. The molecule has 1 fully saturated rings. The van der Waals surface area contributed by atoms with E-state index >= 15 is 0 Å². The molecule has 2 aromatic rings. The monoisotopic (exact) mass is 319 g/mol. The van der Waals surface area contributed by atoms with Crippen molar-refractivity contribution in [2.45, 2.75) is 57.5 Å². The maximum Gasteiger partial charge on any atom is 0.0236 e. The molecule has 0 amide bonds. The summed E-state index contributed by atoms with van der Waals surface area (Å²) >= 11 is 0. The Morgan fingerprint density at radius 1 is 1.00 bits per heavy atom. The van der Waals surface area contributed by atoms with Crippen molar-refractivity contribution in [3.8, 4) is 0 Å². The summed E-state index contributed by atoms with van der Waals surface area (Å²) < 4.78 is 0. The zero-order chi connectivity index (χ0) is 16.6. The van der Waals surface area contributed by atoms with Crippen LogP contribution in [0.5, 0.6) is 0 Å². The van der Waals surface area contributed by atoms with Crippen LogP contribution in [0.3, 0.4) is 0 Å². The van der Waals surface area contributed by atoms with Gasteiger partial charge in [-0.25, -0.2) is 0 Å². The van der Waals surface area contributed by atoms with Crippen LogP contribution in [0.1, 0.15) is 49.8 Å². The molecule has 2 aliphatic rings. The third-order valence-electron chi connectivity index (χ3n) is 6.77. The van der Waals surface area contributed by atoms with Crippen molar-refractivity contribution in [1.82, 2.24) is 4.90 Å². The molecular formula is C23H29N. The third-order valence-corrected chi connectivity index (χ3v) is 6.77. The second-order valence-electron chi connectivity index (χ2n) is 7.66. The van der Waals surface area contributed by atoms with E-state index in [1.165, 1.54) is 37.8 Å². The van der Waals surface area contributed by atoms with Crippen molar-refractivity contribution in [3.63, 3.8) is 0 Å². The fourth-order valence-corrected chi connectivity index (χ4v) is 5.64. The topological polar surface area (TPSA) is 3.24 Å². The molecule has 1 aliphatic heterocycles. The maximum absolute atomic E-state index is 2.77. The highest BCUT2D eigenvalue weighted by atomic mass is 15.2. The smallest absolute Gasteiger partial charge is 0.0236 e. The number of hydrogen-bond acceptors (Lipinski definition) is 1. The molecule has 2 bridgehead atoms. The Hall–Kier alpha value is -1.60. The van der Waals surface area contributed by atoms with E-state index in [0.717, 1.165) is 12.5 Å². The van der Waals surface area contributed by atoms with E-state index in [1.54, 1.807) is 11.1 Å². The van der Waals surface area contributed by atoms with Gasteiger partial charge in [0, 0.05) is 18.0 Å². The molecule has 1 nitrogen and oxygen atoms in total. The van der Waals surface area contributed by atoms with Gasteiger partial charge < -0.3 is 0 Å². The molecule has 0 N–H and O–H groups in total. The lowest BCUT2D eigenvalue weighted by atomic mass is 9.55. The first-order chi connectivity index (χ1) is 11.8. The second kappa shape index (κ2) is 6.37. The highest BCUT2D eigenvalue weighted by Crippen LogP contribution is 2.52. The van der Waals surface area contributed by atoms with Gasteiger partial charge in [-0.2, -0.15) is 0 Å². The molecule has 1 saturated heterocycles. The largest absolute Gasteiger partial charge is 0.295 e. The zero-order valence-corrected chi connectivity index (χ0v) is 15.0. The van der Waals surface area contributed by atoms with Crippen LogP contribution in [0, 0.1) is 5.92 Å². The second-order valence-corrected chi connectivity index (χ2v) is 7.66. The van der Waals surface area contributed by atoms with Gasteiger partial charge in [-0.1, -0.05) is 74.9 Å². The predicted octanol–water partition coefficient (Wildman–Crippen LogP) is 5.19. The summed E-state index contributed by atoms with van der Waals surface area (Å²) in [7, 11) is 0. The SMILES string of the molecule is CCC1[C@@H]2Cc3ccccc3[C@@]1(CC)CCN2Cc1ccccc1. The van der Waals surface area contributed by atoms with Gasteiger partial charge in [0.1, 0.15) is 0 Å². The first-order valence-electron chi connectivity index (χ1n) is 9.65. The number of likely N-dealkylation sites (tertiary alicyclic amines) is 1. The number of nitrogens with zero attached hydrogens (tertiary/aromatic N) is 1. The van der Waals surface area contributed by atoms with Crippen molar-refractivity contribution < 1.29 is 0 Å². The number of benzene rings is 2. The summed E-state index contributed by atoms with van der Waals surface area (Å²) in [6.07, 6.45) is 5.10. The average molecular weight is 319 g/mol. The Morgan fingerprint density at radius 3 is 2.50 bits per heavy atom. The van der Waals surface area contributed by atoms with E-state index in [-0.39, 0.29) is 0 Å². The molecule has 1 heterocycles. The normalized spacial score (nSPS) is 29.2. The molecule has 1 aliphatic carbocycles. The van der Waals surface area contributed by atoms with Crippen LogP contribution in [0.4, 0.5) is 0 Å². The summed E-state index contributed by atoms with van der Waals surface area (Å²) in [5.41, 5.74) is 5.12. The third kappa shape index (κ3) is 2.41. The van der Waals surface area contributed by atoms with Crippen LogP contribution < -0.4 is 0 Å². The Balaban J connectivity index is 1.71. The van der Waals surface area contributed by atoms with E-state index in [9.17, 15) is 0 Å². The first kappa shape index (κ1) is 15.9. The lowest BCUT2D eigenvalue weighted by Crippen LogP contribution is -2.59. The summed E-state index contributed by atoms with van der Waals surface area (Å²) in [6.45, 7) is 7.15. The van der Waals surface area contributed by atoms with Gasteiger partial charge >= 0.3 is 0 Å². The Labute approximate surface area is 146 Å². The molecule has 0 aromatic heterocycles. The van der Waals surface area contributed by atoms with Crippen LogP contribution in [-0.4, -0.2) is 17.5 Å². The summed E-state index contributed by atoms with van der Waals surface area (Å²) in [5, 5.41) is 0. The Bertz CT molecular complexity index is 692. The van der Waals surface area contributed by atoms with Gasteiger partial charge in [0.2, 0.25) is 0 Å². The van der Waals surface area contributed by atoms with Crippen LogP contribution in [-0.2, 0) is 18.4 Å². The standard InChI is InChI=1S/C23H29N/c1-3-20-22-16-19-12-8-9-13-21(19)23(20,4-2)14-15-24(22)17-18-10-6-5-7-11-18/h5-13,20,22H,3-4,14-17H2,1-2H3/t20?,22-,23-/m0/s1. The molecule has 2 aromatic carbocycles. The van der Waals surface area contributed by atoms with Gasteiger partial charge in [0.25, 0.3) is 0 Å². The number of fused-ring (bicyclic) bond motifs is 4. The molecule has 24 heavy (non-hydrogen) atoms. The zero-order valence-electron chi connectivity index (χ0n) is 15.0. The van der Waals surface area contributed by atoms with Gasteiger partial charge in [-0.05, 0) is 48.4 Å². The van der Waals surface area contributed by atoms with E-state index in [1.807, 2.05) is 0 Å². The molecule has 4 rings (SSSR count). The van der Waals surface area contributed by atoms with Crippen molar-refractivity contribution in [3.05, 3.63) is 71.3 Å². The van der Waals surface area contributed by atoms with E-state index in [4.69, 9.17) is 0 Å². The van der Waals surface area contributed by atoms with Gasteiger partial charge in [0.15, 0.2) is 0 Å². The number of hydrogen-bond donors (Lipinski definition) is 0. The maximum atomic E-state index is 2.77. The van der Waals surface area contributed by atoms with E-state index in [0.29, 0.717) is 11.5 Å². The number of rotatable bonds is 4. The fraction of sp³-hybridized carbons (Fsp3) is 0.478. The van der Waals surface area contributed by atoms with Gasteiger partial charge in [-0.3, -0.25) is 4.90 Å². The minimum atomic E-state index is 0.404. The lowest BCUT2D eigenvalue weighted by molar-refractivity contribution is 0.00431. The molecule has 1 heteroatoms. The van der Waals surface area contributed by atoms with E-state index < -0.39 is 0 Å². The van der Waals surface area contributed by atoms with Crippen LogP contribution in [0.25, 0.3) is 0 Å². The quantitative estimate of drug-likeness (QED) is 0.749. The fourth-order valence-electron chi connectivity index (χ4n) is 5.64. The highest BCUT2D eigenvalue weighted by molar-refractivity contribution is 5.40. The molecule has 0 radical (unpaired) electrons. The van der Waals surface area contributed by atoms with Crippen molar-refractivity contribution >= 4 is 0 Å². The molecule has 1 unspecified atom stereocenters. The van der Waals surface area contributed by atoms with E-state index in [2.05, 4.69) is 73.3 Å². The van der Waals surface area contributed by atoms with Crippen LogP contribution in [0.15, 0.2) is 54.6 Å². The van der Waals surface area contributed by atoms with Gasteiger partial charge in [0.05, 0.1) is 0 Å². The van der Waals surface area contributed by atoms with Crippen molar-refractivity contribution in [2.24, 2.45) is 5.92 Å². The summed E-state index contributed by atoms with van der Waals surface area (Å²) in [6, 6.07) is 21.0. The Kier molecular flexibility index (Phi) is 4.22. The number of piperidine rings is 1. The summed E-state index contributed by atoms with van der Waals surface area (Å²) in [5.74, 6) is 0.787. The minimum absolute atomic E-state index is 0.404. The highest BCUT2D eigenvalue weighted by Gasteiger charge is 2.50. The molecule has 126 valence electrons.